The van der Waals surface area contributed by atoms with Gasteiger partial charge in [-0.2, -0.15) is 0 Å². The Balaban J connectivity index is 2.40. The maximum Gasteiger partial charge on any atom is 0.119 e. The molecule has 2 nitrogen and oxygen atoms in total. The van der Waals surface area contributed by atoms with E-state index in [4.69, 9.17) is 4.74 Å². The van der Waals surface area contributed by atoms with Crippen LogP contribution in [-0.2, 0) is 6.54 Å². The average Bonchev–Trinajstić information content (AvgIpc) is 2.35. The third-order valence-electron chi connectivity index (χ3n) is 2.67. The summed E-state index contributed by atoms with van der Waals surface area (Å²) in [6, 6.07) is 8.76. The van der Waals surface area contributed by atoms with Crippen molar-refractivity contribution in [2.45, 2.75) is 39.3 Å². The molecular formula is C15H23NO. The number of allylic oxidation sites excluding steroid dienone is 1. The monoisotopic (exact) mass is 233 g/mol. The molecule has 2 heteroatoms. The molecule has 94 valence electrons. The van der Waals surface area contributed by atoms with E-state index in [0.717, 1.165) is 25.1 Å². The maximum absolute atomic E-state index is 5.48. The number of benzene rings is 1. The third kappa shape index (κ3) is 5.55. The van der Waals surface area contributed by atoms with Gasteiger partial charge in [0.25, 0.3) is 0 Å². The molecule has 1 atom stereocenters. The highest BCUT2D eigenvalue weighted by Gasteiger charge is 2.01. The van der Waals surface area contributed by atoms with Crippen molar-refractivity contribution in [2.75, 3.05) is 6.61 Å². The van der Waals surface area contributed by atoms with E-state index in [-0.39, 0.29) is 0 Å². The molecule has 0 bridgehead atoms. The first kappa shape index (κ1) is 13.8. The van der Waals surface area contributed by atoms with Crippen LogP contribution in [0.25, 0.3) is 0 Å². The van der Waals surface area contributed by atoms with Gasteiger partial charge in [-0.05, 0) is 44.4 Å². The zero-order valence-electron chi connectivity index (χ0n) is 10.9. The number of hydrogen-bond acceptors (Lipinski definition) is 2. The van der Waals surface area contributed by atoms with Crippen molar-refractivity contribution in [2.24, 2.45) is 0 Å². The number of ether oxygens (including phenoxy) is 1. The van der Waals surface area contributed by atoms with Crippen molar-refractivity contribution in [1.29, 1.82) is 0 Å². The summed E-state index contributed by atoms with van der Waals surface area (Å²) in [5.74, 6) is 0.950. The van der Waals surface area contributed by atoms with Crippen molar-refractivity contribution >= 4 is 0 Å². The molecule has 0 aliphatic rings. The highest BCUT2D eigenvalue weighted by atomic mass is 16.5. The minimum Gasteiger partial charge on any atom is -0.494 e. The quantitative estimate of drug-likeness (QED) is 0.694. The minimum atomic E-state index is 0.517. The normalized spacial score (nSPS) is 12.1. The Labute approximate surface area is 105 Å². The van der Waals surface area contributed by atoms with E-state index in [1.165, 1.54) is 5.56 Å². The van der Waals surface area contributed by atoms with Gasteiger partial charge in [-0.15, -0.1) is 6.58 Å². The Morgan fingerprint density at radius 2 is 2.29 bits per heavy atom. The van der Waals surface area contributed by atoms with E-state index >= 15 is 0 Å². The molecule has 0 amide bonds. The summed E-state index contributed by atoms with van der Waals surface area (Å²) in [5.41, 5.74) is 1.27. The van der Waals surface area contributed by atoms with Gasteiger partial charge in [0.2, 0.25) is 0 Å². The Bertz CT molecular complexity index is 335. The summed E-state index contributed by atoms with van der Waals surface area (Å²) < 4.78 is 5.48. The van der Waals surface area contributed by atoms with Crippen LogP contribution in [0.15, 0.2) is 36.9 Å². The van der Waals surface area contributed by atoms with Crippen molar-refractivity contribution in [3.8, 4) is 5.75 Å². The first-order valence-corrected chi connectivity index (χ1v) is 6.32. The van der Waals surface area contributed by atoms with E-state index in [1.807, 2.05) is 25.1 Å². The van der Waals surface area contributed by atoms with Crippen LogP contribution in [0.4, 0.5) is 0 Å². The Morgan fingerprint density at radius 3 is 3.00 bits per heavy atom. The molecule has 1 aromatic rings. The molecule has 1 unspecified atom stereocenters. The van der Waals surface area contributed by atoms with Crippen LogP contribution in [0.1, 0.15) is 32.3 Å². The molecule has 1 aromatic carbocycles. The zero-order valence-corrected chi connectivity index (χ0v) is 10.9. The fourth-order valence-corrected chi connectivity index (χ4v) is 1.67. The molecule has 0 spiro atoms. The van der Waals surface area contributed by atoms with E-state index in [1.54, 1.807) is 0 Å². The Morgan fingerprint density at radius 1 is 1.47 bits per heavy atom. The van der Waals surface area contributed by atoms with Crippen LogP contribution in [0.5, 0.6) is 5.75 Å². The lowest BCUT2D eigenvalue weighted by molar-refractivity contribution is 0.339. The summed E-state index contributed by atoms with van der Waals surface area (Å²) in [6.45, 7) is 9.55. The van der Waals surface area contributed by atoms with Crippen molar-refractivity contribution in [3.63, 3.8) is 0 Å². The number of rotatable bonds is 8. The van der Waals surface area contributed by atoms with Gasteiger partial charge in [-0.3, -0.25) is 0 Å². The fourth-order valence-electron chi connectivity index (χ4n) is 1.67. The fraction of sp³-hybridized carbons (Fsp3) is 0.467. The Hall–Kier alpha value is -1.28. The van der Waals surface area contributed by atoms with Gasteiger partial charge in [-0.25, -0.2) is 0 Å². The molecule has 1 N–H and O–H groups in total. The van der Waals surface area contributed by atoms with Crippen LogP contribution in [-0.4, -0.2) is 12.6 Å². The van der Waals surface area contributed by atoms with Gasteiger partial charge in [0, 0.05) is 12.6 Å². The second-order valence-corrected chi connectivity index (χ2v) is 4.23. The third-order valence-corrected chi connectivity index (χ3v) is 2.67. The summed E-state index contributed by atoms with van der Waals surface area (Å²) in [7, 11) is 0. The molecule has 0 saturated carbocycles. The molecule has 0 aromatic heterocycles. The van der Waals surface area contributed by atoms with Crippen molar-refractivity contribution < 1.29 is 4.74 Å². The minimum absolute atomic E-state index is 0.517. The Kier molecular flexibility index (Phi) is 6.41. The van der Waals surface area contributed by atoms with Crippen molar-refractivity contribution in [3.05, 3.63) is 42.5 Å². The summed E-state index contributed by atoms with van der Waals surface area (Å²) in [6.07, 6.45) is 4.16. The topological polar surface area (TPSA) is 21.3 Å². The second kappa shape index (κ2) is 7.91. The molecular weight excluding hydrogens is 210 g/mol. The van der Waals surface area contributed by atoms with E-state index in [9.17, 15) is 0 Å². The van der Waals surface area contributed by atoms with Gasteiger partial charge >= 0.3 is 0 Å². The van der Waals surface area contributed by atoms with Crippen LogP contribution in [0.2, 0.25) is 0 Å². The lowest BCUT2D eigenvalue weighted by atomic mass is 10.1. The number of nitrogens with one attached hydrogen (secondary N) is 1. The molecule has 0 aliphatic carbocycles. The lowest BCUT2D eigenvalue weighted by Gasteiger charge is -2.13. The van der Waals surface area contributed by atoms with Crippen LogP contribution >= 0.6 is 0 Å². The molecule has 0 aliphatic heterocycles. The first-order valence-electron chi connectivity index (χ1n) is 6.32. The van der Waals surface area contributed by atoms with E-state index < -0.39 is 0 Å². The first-order chi connectivity index (χ1) is 8.26. The van der Waals surface area contributed by atoms with Gasteiger partial charge in [0.15, 0.2) is 0 Å². The molecule has 0 heterocycles. The molecule has 17 heavy (non-hydrogen) atoms. The predicted octanol–water partition coefficient (Wildman–Crippen LogP) is 3.53. The summed E-state index contributed by atoms with van der Waals surface area (Å²) >= 11 is 0. The van der Waals surface area contributed by atoms with Crippen LogP contribution in [0, 0.1) is 0 Å². The lowest BCUT2D eigenvalue weighted by Crippen LogP contribution is -2.25. The molecule has 1 rings (SSSR count). The van der Waals surface area contributed by atoms with Gasteiger partial charge < -0.3 is 10.1 Å². The van der Waals surface area contributed by atoms with Crippen LogP contribution < -0.4 is 10.1 Å². The molecule has 0 saturated heterocycles. The van der Waals surface area contributed by atoms with Crippen molar-refractivity contribution in [1.82, 2.24) is 5.32 Å². The largest absolute Gasteiger partial charge is 0.494 e. The average molecular weight is 233 g/mol. The van der Waals surface area contributed by atoms with Crippen LogP contribution in [0.3, 0.4) is 0 Å². The van der Waals surface area contributed by atoms with Gasteiger partial charge in [0.1, 0.15) is 5.75 Å². The second-order valence-electron chi connectivity index (χ2n) is 4.23. The molecule has 0 radical (unpaired) electrons. The standard InChI is InChI=1S/C15H23NO/c1-4-6-8-13(3)16-12-14-9-7-10-15(11-14)17-5-2/h4,7,9-11,13,16H,1,5-6,8,12H2,2-3H3. The highest BCUT2D eigenvalue weighted by molar-refractivity contribution is 5.28. The molecule has 0 fully saturated rings. The van der Waals surface area contributed by atoms with Gasteiger partial charge in [-0.1, -0.05) is 18.2 Å². The van der Waals surface area contributed by atoms with E-state index in [0.29, 0.717) is 12.6 Å². The SMILES string of the molecule is C=CCCC(C)NCc1cccc(OCC)c1. The van der Waals surface area contributed by atoms with E-state index in [2.05, 4.69) is 31.0 Å². The zero-order chi connectivity index (χ0) is 12.5. The van der Waals surface area contributed by atoms with Gasteiger partial charge in [0.05, 0.1) is 6.61 Å². The smallest absolute Gasteiger partial charge is 0.119 e. The summed E-state index contributed by atoms with van der Waals surface area (Å²) in [4.78, 5) is 0. The summed E-state index contributed by atoms with van der Waals surface area (Å²) in [5, 5.41) is 3.50. The maximum atomic E-state index is 5.48. The highest BCUT2D eigenvalue weighted by Crippen LogP contribution is 2.13. The predicted molar refractivity (Wildman–Crippen MR) is 73.3 cm³/mol. The number of hydrogen-bond donors (Lipinski definition) is 1.